The maximum Gasteiger partial charge on any atom is 0.123 e. The summed E-state index contributed by atoms with van der Waals surface area (Å²) < 4.78 is 5.29. The molecule has 0 aliphatic carbocycles. The van der Waals surface area contributed by atoms with Crippen LogP contribution >= 0.6 is 0 Å². The number of nitrogens with two attached hydrogens (primary N) is 1. The Labute approximate surface area is 86.1 Å². The monoisotopic (exact) mass is 193 g/mol. The van der Waals surface area contributed by atoms with Gasteiger partial charge in [-0.3, -0.25) is 0 Å². The van der Waals surface area contributed by atoms with Crippen molar-refractivity contribution in [2.24, 2.45) is 5.73 Å². The van der Waals surface area contributed by atoms with Crippen LogP contribution in [0.1, 0.15) is 36.9 Å². The normalized spacial score (nSPS) is 12.6. The van der Waals surface area contributed by atoms with Crippen molar-refractivity contribution in [3.8, 4) is 5.75 Å². The second-order valence-electron chi connectivity index (χ2n) is 3.64. The average Bonchev–Trinajstić information content (AvgIpc) is 2.18. The van der Waals surface area contributed by atoms with Crippen molar-refractivity contribution in [3.63, 3.8) is 0 Å². The van der Waals surface area contributed by atoms with Crippen LogP contribution in [-0.2, 0) is 0 Å². The van der Waals surface area contributed by atoms with Gasteiger partial charge in [0.15, 0.2) is 0 Å². The van der Waals surface area contributed by atoms with E-state index in [1.165, 1.54) is 5.56 Å². The highest BCUT2D eigenvalue weighted by Crippen LogP contribution is 2.27. The molecule has 0 amide bonds. The molecule has 1 rings (SSSR count). The first kappa shape index (κ1) is 11.1. The SMILES string of the molecule is CCCC(N)c1cc(C)ccc1OC. The van der Waals surface area contributed by atoms with Crippen LogP contribution < -0.4 is 10.5 Å². The van der Waals surface area contributed by atoms with Crippen molar-refractivity contribution in [3.05, 3.63) is 29.3 Å². The fourth-order valence-electron chi connectivity index (χ4n) is 1.61. The predicted octanol–water partition coefficient (Wildman–Crippen LogP) is 2.80. The Morgan fingerprint density at radius 3 is 2.71 bits per heavy atom. The first-order chi connectivity index (χ1) is 6.69. The number of aryl methyl sites for hydroxylation is 1. The van der Waals surface area contributed by atoms with Gasteiger partial charge in [0.25, 0.3) is 0 Å². The molecule has 1 atom stereocenters. The Kier molecular flexibility index (Phi) is 3.96. The van der Waals surface area contributed by atoms with E-state index in [1.54, 1.807) is 7.11 Å². The second kappa shape index (κ2) is 5.01. The smallest absolute Gasteiger partial charge is 0.123 e. The average molecular weight is 193 g/mol. The van der Waals surface area contributed by atoms with Gasteiger partial charge in [0.05, 0.1) is 7.11 Å². The molecular weight excluding hydrogens is 174 g/mol. The fraction of sp³-hybridized carbons (Fsp3) is 0.500. The summed E-state index contributed by atoms with van der Waals surface area (Å²) in [5.74, 6) is 0.900. The summed E-state index contributed by atoms with van der Waals surface area (Å²) in [6.07, 6.45) is 2.10. The van der Waals surface area contributed by atoms with E-state index in [2.05, 4.69) is 19.9 Å². The van der Waals surface area contributed by atoms with E-state index in [9.17, 15) is 0 Å². The second-order valence-corrected chi connectivity index (χ2v) is 3.64. The van der Waals surface area contributed by atoms with E-state index in [4.69, 9.17) is 10.5 Å². The minimum atomic E-state index is 0.0925. The molecule has 2 N–H and O–H groups in total. The van der Waals surface area contributed by atoms with Crippen molar-refractivity contribution in [2.45, 2.75) is 32.7 Å². The van der Waals surface area contributed by atoms with Crippen molar-refractivity contribution >= 4 is 0 Å². The van der Waals surface area contributed by atoms with Crippen molar-refractivity contribution in [1.29, 1.82) is 0 Å². The molecule has 14 heavy (non-hydrogen) atoms. The van der Waals surface area contributed by atoms with Crippen LogP contribution in [0.2, 0.25) is 0 Å². The topological polar surface area (TPSA) is 35.2 Å². The molecule has 2 nitrogen and oxygen atoms in total. The molecule has 1 aromatic rings. The molecule has 1 aromatic carbocycles. The van der Waals surface area contributed by atoms with Crippen molar-refractivity contribution in [2.75, 3.05) is 7.11 Å². The van der Waals surface area contributed by atoms with Gasteiger partial charge in [-0.05, 0) is 19.4 Å². The molecule has 1 unspecified atom stereocenters. The summed E-state index contributed by atoms with van der Waals surface area (Å²) in [6, 6.07) is 6.23. The summed E-state index contributed by atoms with van der Waals surface area (Å²) in [6.45, 7) is 4.21. The third kappa shape index (κ3) is 2.48. The summed E-state index contributed by atoms with van der Waals surface area (Å²) in [7, 11) is 1.69. The molecule has 0 radical (unpaired) electrons. The lowest BCUT2D eigenvalue weighted by Crippen LogP contribution is -2.11. The molecule has 78 valence electrons. The number of hydrogen-bond donors (Lipinski definition) is 1. The van der Waals surface area contributed by atoms with Gasteiger partial charge in [0, 0.05) is 11.6 Å². The van der Waals surface area contributed by atoms with Crippen LogP contribution in [0.25, 0.3) is 0 Å². The zero-order chi connectivity index (χ0) is 10.6. The van der Waals surface area contributed by atoms with Gasteiger partial charge in [-0.1, -0.05) is 31.0 Å². The van der Waals surface area contributed by atoms with Gasteiger partial charge >= 0.3 is 0 Å². The minimum absolute atomic E-state index is 0.0925. The zero-order valence-corrected chi connectivity index (χ0v) is 9.21. The van der Waals surface area contributed by atoms with E-state index in [0.717, 1.165) is 24.2 Å². The number of hydrogen-bond acceptors (Lipinski definition) is 2. The molecule has 2 heteroatoms. The minimum Gasteiger partial charge on any atom is -0.496 e. The highest BCUT2D eigenvalue weighted by Gasteiger charge is 2.10. The standard InChI is InChI=1S/C12H19NO/c1-4-5-11(13)10-8-9(2)6-7-12(10)14-3/h6-8,11H,4-5,13H2,1-3H3. The molecule has 0 saturated heterocycles. The van der Waals surface area contributed by atoms with E-state index >= 15 is 0 Å². The van der Waals surface area contributed by atoms with Gasteiger partial charge in [-0.2, -0.15) is 0 Å². The Morgan fingerprint density at radius 2 is 2.14 bits per heavy atom. The van der Waals surface area contributed by atoms with Crippen LogP contribution in [0.15, 0.2) is 18.2 Å². The van der Waals surface area contributed by atoms with Crippen LogP contribution in [-0.4, -0.2) is 7.11 Å². The third-order valence-electron chi connectivity index (χ3n) is 2.38. The van der Waals surface area contributed by atoms with Crippen molar-refractivity contribution < 1.29 is 4.74 Å². The Morgan fingerprint density at radius 1 is 1.43 bits per heavy atom. The Bertz CT molecular complexity index is 296. The third-order valence-corrected chi connectivity index (χ3v) is 2.38. The number of rotatable bonds is 4. The van der Waals surface area contributed by atoms with E-state index < -0.39 is 0 Å². The lowest BCUT2D eigenvalue weighted by molar-refractivity contribution is 0.404. The number of methoxy groups -OCH3 is 1. The van der Waals surface area contributed by atoms with Crippen LogP contribution in [0, 0.1) is 6.92 Å². The molecule has 0 saturated carbocycles. The van der Waals surface area contributed by atoms with Gasteiger partial charge in [0.2, 0.25) is 0 Å². The molecular formula is C12H19NO. The molecule has 0 aliphatic heterocycles. The van der Waals surface area contributed by atoms with Crippen LogP contribution in [0.4, 0.5) is 0 Å². The number of benzene rings is 1. The first-order valence-corrected chi connectivity index (χ1v) is 5.09. The summed E-state index contributed by atoms with van der Waals surface area (Å²) in [4.78, 5) is 0. The Hall–Kier alpha value is -1.02. The maximum absolute atomic E-state index is 6.07. The fourth-order valence-corrected chi connectivity index (χ4v) is 1.61. The molecule has 0 fully saturated rings. The summed E-state index contributed by atoms with van der Waals surface area (Å²) in [5.41, 5.74) is 8.42. The van der Waals surface area contributed by atoms with Gasteiger partial charge < -0.3 is 10.5 Å². The zero-order valence-electron chi connectivity index (χ0n) is 9.21. The first-order valence-electron chi connectivity index (χ1n) is 5.09. The van der Waals surface area contributed by atoms with E-state index in [0.29, 0.717) is 0 Å². The van der Waals surface area contributed by atoms with Crippen LogP contribution in [0.5, 0.6) is 5.75 Å². The number of ether oxygens (including phenoxy) is 1. The van der Waals surface area contributed by atoms with Gasteiger partial charge in [-0.25, -0.2) is 0 Å². The highest BCUT2D eigenvalue weighted by molar-refractivity contribution is 5.38. The summed E-state index contributed by atoms with van der Waals surface area (Å²) >= 11 is 0. The lowest BCUT2D eigenvalue weighted by Gasteiger charge is -2.15. The summed E-state index contributed by atoms with van der Waals surface area (Å²) in [5, 5.41) is 0. The van der Waals surface area contributed by atoms with E-state index in [-0.39, 0.29) is 6.04 Å². The quantitative estimate of drug-likeness (QED) is 0.798. The molecule has 0 aliphatic rings. The predicted molar refractivity (Wildman–Crippen MR) is 59.6 cm³/mol. The molecule has 0 aromatic heterocycles. The maximum atomic E-state index is 6.07. The van der Waals surface area contributed by atoms with Crippen molar-refractivity contribution in [1.82, 2.24) is 0 Å². The molecule has 0 spiro atoms. The van der Waals surface area contributed by atoms with E-state index in [1.807, 2.05) is 12.1 Å². The van der Waals surface area contributed by atoms with Crippen LogP contribution in [0.3, 0.4) is 0 Å². The molecule has 0 heterocycles. The van der Waals surface area contributed by atoms with Gasteiger partial charge in [-0.15, -0.1) is 0 Å². The Balaban J connectivity index is 2.97. The lowest BCUT2D eigenvalue weighted by atomic mass is 10.0. The van der Waals surface area contributed by atoms with Gasteiger partial charge in [0.1, 0.15) is 5.75 Å². The highest BCUT2D eigenvalue weighted by atomic mass is 16.5. The largest absolute Gasteiger partial charge is 0.496 e. The molecule has 0 bridgehead atoms.